The summed E-state index contributed by atoms with van der Waals surface area (Å²) in [6.45, 7) is 0. The molecule has 3 heteroatoms. The van der Waals surface area contributed by atoms with Gasteiger partial charge in [0.1, 0.15) is 6.10 Å². The molecule has 0 spiro atoms. The summed E-state index contributed by atoms with van der Waals surface area (Å²) in [5.41, 5.74) is 0.630. The second-order valence-electron chi connectivity index (χ2n) is 11.4. The van der Waals surface area contributed by atoms with Crippen LogP contribution in [0.3, 0.4) is 0 Å². The lowest BCUT2D eigenvalue weighted by atomic mass is 9.59. The fourth-order valence-corrected chi connectivity index (χ4v) is 10.1. The third kappa shape index (κ3) is 2.01. The molecule has 12 atom stereocenters. The number of carbonyl (C=O) groups is 1. The Morgan fingerprint density at radius 2 is 1.50 bits per heavy atom. The summed E-state index contributed by atoms with van der Waals surface area (Å²) in [7, 11) is 0. The van der Waals surface area contributed by atoms with Gasteiger partial charge in [0.15, 0.2) is 0 Å². The van der Waals surface area contributed by atoms with Gasteiger partial charge in [-0.2, -0.15) is 5.26 Å². The first-order valence-electron chi connectivity index (χ1n) is 12.5. The third-order valence-electron chi connectivity index (χ3n) is 10.7. The van der Waals surface area contributed by atoms with Crippen molar-refractivity contribution < 1.29 is 9.53 Å². The molecule has 0 aliphatic heterocycles. The predicted molar refractivity (Wildman–Crippen MR) is 120 cm³/mol. The second kappa shape index (κ2) is 6.04. The van der Waals surface area contributed by atoms with Crippen LogP contribution in [0, 0.1) is 76.4 Å². The Bertz CT molecular complexity index is 1220. The number of hydrogen-bond acceptors (Lipinski definition) is 3. The van der Waals surface area contributed by atoms with Gasteiger partial charge >= 0.3 is 5.97 Å². The zero-order valence-electron chi connectivity index (χ0n) is 18.0. The van der Waals surface area contributed by atoms with Gasteiger partial charge in [-0.25, -0.2) is 4.79 Å². The summed E-state index contributed by atoms with van der Waals surface area (Å²) < 4.78 is 6.26. The summed E-state index contributed by atoms with van der Waals surface area (Å²) in [4.78, 5) is 13.4. The molecule has 3 nitrogen and oxygen atoms in total. The van der Waals surface area contributed by atoms with Crippen molar-refractivity contribution in [3.8, 4) is 6.07 Å². The normalized spacial score (nSPS) is 48.2. The van der Waals surface area contributed by atoms with E-state index < -0.39 is 0 Å². The van der Waals surface area contributed by atoms with E-state index >= 15 is 0 Å². The number of nitrogens with zero attached hydrogens (tertiary/aromatic N) is 1. The van der Waals surface area contributed by atoms with E-state index in [1.54, 1.807) is 0 Å². The van der Waals surface area contributed by atoms with Crippen molar-refractivity contribution in [2.24, 2.45) is 65.1 Å². The molecule has 0 aromatic heterocycles. The van der Waals surface area contributed by atoms with Crippen LogP contribution in [0.4, 0.5) is 0 Å². The number of esters is 1. The lowest BCUT2D eigenvalue weighted by Gasteiger charge is -2.46. The summed E-state index contributed by atoms with van der Waals surface area (Å²) in [5, 5.41) is 12.1. The number of fused-ring (bicyclic) bond motifs is 17. The van der Waals surface area contributed by atoms with Crippen molar-refractivity contribution in [1.29, 1.82) is 5.26 Å². The lowest BCUT2D eigenvalue weighted by molar-refractivity contribution is -0.0466. The first-order valence-corrected chi connectivity index (χ1v) is 12.5. The minimum atomic E-state index is -0.250. The van der Waals surface area contributed by atoms with Gasteiger partial charge in [-0.1, -0.05) is 48.6 Å². The average molecular weight is 422 g/mol. The highest BCUT2D eigenvalue weighted by molar-refractivity contribution is 6.04. The monoisotopic (exact) mass is 421 g/mol. The fourth-order valence-electron chi connectivity index (χ4n) is 10.1. The van der Waals surface area contributed by atoms with E-state index in [9.17, 15) is 10.1 Å². The van der Waals surface area contributed by atoms with Crippen molar-refractivity contribution in [3.63, 3.8) is 0 Å². The minimum absolute atomic E-state index is 0.132. The van der Waals surface area contributed by atoms with Gasteiger partial charge in [0.05, 0.1) is 17.6 Å². The molecule has 2 aromatic rings. The van der Waals surface area contributed by atoms with Gasteiger partial charge < -0.3 is 4.74 Å². The Morgan fingerprint density at radius 3 is 2.28 bits per heavy atom. The molecular weight excluding hydrogens is 394 g/mol. The molecule has 6 aliphatic carbocycles. The van der Waals surface area contributed by atoms with Crippen LogP contribution in [0.1, 0.15) is 29.6 Å². The van der Waals surface area contributed by atoms with Crippen LogP contribution < -0.4 is 0 Å². The molecular formula is C29H27NO2. The third-order valence-corrected chi connectivity index (χ3v) is 10.7. The number of nitriles is 1. The SMILES string of the molecule is N#CC1C2CC(C1OC(=O)c1cccc3ccccc13)C1C3CC(C4C5C=CC(C5)C34)C21. The Kier molecular flexibility index (Phi) is 3.38. The van der Waals surface area contributed by atoms with Crippen LogP contribution in [0.2, 0.25) is 0 Å². The van der Waals surface area contributed by atoms with Crippen molar-refractivity contribution in [2.45, 2.75) is 25.4 Å². The number of benzene rings is 2. The summed E-state index contributed by atoms with van der Waals surface area (Å²) in [5.74, 6) is 6.77. The Morgan fingerprint density at radius 1 is 0.812 bits per heavy atom. The fraction of sp³-hybridized carbons (Fsp3) is 0.517. The minimum Gasteiger partial charge on any atom is -0.457 e. The number of carbonyl (C=O) groups excluding carboxylic acids is 1. The Balaban J connectivity index is 1.12. The first-order chi connectivity index (χ1) is 15.7. The molecule has 0 radical (unpaired) electrons. The largest absolute Gasteiger partial charge is 0.457 e. The van der Waals surface area contributed by atoms with E-state index in [-0.39, 0.29) is 18.0 Å². The van der Waals surface area contributed by atoms with Gasteiger partial charge in [0.2, 0.25) is 0 Å². The van der Waals surface area contributed by atoms with Crippen LogP contribution in [0.25, 0.3) is 10.8 Å². The highest BCUT2D eigenvalue weighted by Gasteiger charge is 2.73. The standard InChI is InChI=1S/C29H27NO2/c30-13-23-19-11-22(27-21-12-20(26(19)27)24-15-8-9-16(10-15)25(21)24)28(23)32-29(31)18-7-3-5-14-4-1-2-6-17(14)18/h1-9,15-16,19-28H,10-12H2. The van der Waals surface area contributed by atoms with Crippen LogP contribution in [0.15, 0.2) is 54.6 Å². The van der Waals surface area contributed by atoms with Crippen LogP contribution in [-0.2, 0) is 4.74 Å². The predicted octanol–water partition coefficient (Wildman–Crippen LogP) is 5.48. The van der Waals surface area contributed by atoms with E-state index in [1.165, 1.54) is 12.8 Å². The van der Waals surface area contributed by atoms with Gasteiger partial charge in [0, 0.05) is 5.92 Å². The highest BCUT2D eigenvalue weighted by atomic mass is 16.5. The maximum absolute atomic E-state index is 13.4. The van der Waals surface area contributed by atoms with Crippen LogP contribution >= 0.6 is 0 Å². The zero-order chi connectivity index (χ0) is 21.1. The molecule has 5 saturated carbocycles. The van der Waals surface area contributed by atoms with E-state index in [0.29, 0.717) is 29.2 Å². The first kappa shape index (κ1) is 17.9. The maximum atomic E-state index is 13.4. The topological polar surface area (TPSA) is 50.1 Å². The summed E-state index contributed by atoms with van der Waals surface area (Å²) in [6.07, 6.45) is 8.61. The number of rotatable bonds is 2. The Hall–Kier alpha value is -2.60. The van der Waals surface area contributed by atoms with Crippen molar-refractivity contribution in [3.05, 3.63) is 60.2 Å². The van der Waals surface area contributed by atoms with E-state index in [4.69, 9.17) is 4.74 Å². The lowest BCUT2D eigenvalue weighted by Crippen LogP contribution is -2.47. The molecule has 8 rings (SSSR count). The molecule has 2 aromatic carbocycles. The van der Waals surface area contributed by atoms with Crippen LogP contribution in [0.5, 0.6) is 0 Å². The molecule has 160 valence electrons. The number of allylic oxidation sites excluding steroid dienone is 2. The molecule has 5 fully saturated rings. The van der Waals surface area contributed by atoms with Crippen molar-refractivity contribution in [1.82, 2.24) is 0 Å². The second-order valence-corrected chi connectivity index (χ2v) is 11.4. The maximum Gasteiger partial charge on any atom is 0.339 e. The molecule has 0 amide bonds. The number of ether oxygens (including phenoxy) is 1. The molecule has 0 N–H and O–H groups in total. The van der Waals surface area contributed by atoms with E-state index in [0.717, 1.165) is 52.7 Å². The van der Waals surface area contributed by atoms with E-state index in [2.05, 4.69) is 18.2 Å². The van der Waals surface area contributed by atoms with Gasteiger partial charge in [0.25, 0.3) is 0 Å². The summed E-state index contributed by atoms with van der Waals surface area (Å²) >= 11 is 0. The van der Waals surface area contributed by atoms with Crippen molar-refractivity contribution >= 4 is 16.7 Å². The summed E-state index contributed by atoms with van der Waals surface area (Å²) in [6, 6.07) is 16.4. The zero-order valence-corrected chi connectivity index (χ0v) is 18.0. The molecule has 12 unspecified atom stereocenters. The molecule has 0 saturated heterocycles. The molecule has 6 bridgehead atoms. The molecule has 32 heavy (non-hydrogen) atoms. The van der Waals surface area contributed by atoms with Gasteiger partial charge in [-0.15, -0.1) is 0 Å². The Labute approximate surface area is 188 Å². The molecule has 6 aliphatic rings. The smallest absolute Gasteiger partial charge is 0.339 e. The van der Waals surface area contributed by atoms with Gasteiger partial charge in [-0.05, 0) is 89.4 Å². The van der Waals surface area contributed by atoms with Crippen LogP contribution in [-0.4, -0.2) is 12.1 Å². The van der Waals surface area contributed by atoms with Gasteiger partial charge in [-0.3, -0.25) is 0 Å². The average Bonchev–Trinajstić information content (AvgIpc) is 3.64. The quantitative estimate of drug-likeness (QED) is 0.367. The molecule has 0 heterocycles. The van der Waals surface area contributed by atoms with Crippen molar-refractivity contribution in [2.75, 3.05) is 0 Å². The van der Waals surface area contributed by atoms with E-state index in [1.807, 2.05) is 42.5 Å². The number of hydrogen-bond donors (Lipinski definition) is 0. The highest BCUT2D eigenvalue weighted by Crippen LogP contribution is 2.76.